The summed E-state index contributed by atoms with van der Waals surface area (Å²) in [4.78, 5) is 21.2. The lowest BCUT2D eigenvalue weighted by Gasteiger charge is -2.13. The Kier molecular flexibility index (Phi) is 1.86. The van der Waals surface area contributed by atoms with E-state index >= 15 is 0 Å². The summed E-state index contributed by atoms with van der Waals surface area (Å²) in [5.41, 5.74) is 0. The van der Waals surface area contributed by atoms with Crippen LogP contribution in [-0.2, 0) is 23.8 Å². The maximum Gasteiger partial charge on any atom is 0.333 e. The minimum atomic E-state index is -0.756. The summed E-state index contributed by atoms with van der Waals surface area (Å²) in [6.45, 7) is 0. The second kappa shape index (κ2) is 3.02. The summed E-state index contributed by atoms with van der Waals surface area (Å²) in [6.07, 6.45) is 3.89. The number of carbonyl (C=O) groups is 2. The minimum absolute atomic E-state index is 0.460. The number of esters is 2. The molecule has 2 aliphatic heterocycles. The van der Waals surface area contributed by atoms with E-state index in [1.807, 2.05) is 0 Å². The van der Waals surface area contributed by atoms with Crippen LogP contribution < -0.4 is 0 Å². The smallest absolute Gasteiger partial charge is 0.333 e. The lowest BCUT2D eigenvalue weighted by molar-refractivity contribution is -0.198. The second-order valence-corrected chi connectivity index (χ2v) is 2.46. The van der Waals surface area contributed by atoms with Gasteiger partial charge < -0.3 is 9.47 Å². The molecule has 0 radical (unpaired) electrons. The first kappa shape index (κ1) is 8.00. The van der Waals surface area contributed by atoms with Crippen LogP contribution in [0.2, 0.25) is 0 Å². The Labute approximate surface area is 73.6 Å². The molecule has 0 saturated heterocycles. The number of ether oxygens (including phenoxy) is 3. The Morgan fingerprint density at radius 1 is 1.00 bits per heavy atom. The molecular formula is C8H6O5. The molecule has 0 aromatic rings. The van der Waals surface area contributed by atoms with Gasteiger partial charge in [0, 0.05) is 12.2 Å². The molecular weight excluding hydrogens is 176 g/mol. The van der Waals surface area contributed by atoms with Gasteiger partial charge in [-0.1, -0.05) is 0 Å². The summed E-state index contributed by atoms with van der Waals surface area (Å²) in [5, 5.41) is 0. The van der Waals surface area contributed by atoms with E-state index in [2.05, 4.69) is 9.47 Å². The number of rotatable bonds is 2. The highest BCUT2D eigenvalue weighted by molar-refractivity contribution is 5.84. The van der Waals surface area contributed by atoms with E-state index in [1.54, 1.807) is 0 Å². The van der Waals surface area contributed by atoms with Crippen molar-refractivity contribution in [3.63, 3.8) is 0 Å². The molecule has 0 fully saturated rings. The third-order valence-electron chi connectivity index (χ3n) is 1.51. The van der Waals surface area contributed by atoms with E-state index in [-0.39, 0.29) is 0 Å². The largest absolute Gasteiger partial charge is 0.429 e. The first-order chi connectivity index (χ1) is 6.24. The maximum atomic E-state index is 10.6. The average molecular weight is 182 g/mol. The number of cyclic esters (lactones) is 2. The van der Waals surface area contributed by atoms with Gasteiger partial charge in [-0.2, -0.15) is 0 Å². The SMILES string of the molecule is O=C1C=CC(OC2C=CC(=O)O2)O1. The molecule has 0 aliphatic carbocycles. The zero-order valence-electron chi connectivity index (χ0n) is 6.51. The van der Waals surface area contributed by atoms with Gasteiger partial charge in [-0.05, 0) is 12.2 Å². The van der Waals surface area contributed by atoms with Crippen LogP contribution in [0.25, 0.3) is 0 Å². The Morgan fingerprint density at radius 3 is 1.77 bits per heavy atom. The van der Waals surface area contributed by atoms with Gasteiger partial charge in [-0.3, -0.25) is 4.74 Å². The normalized spacial score (nSPS) is 30.8. The van der Waals surface area contributed by atoms with Crippen LogP contribution in [0.3, 0.4) is 0 Å². The van der Waals surface area contributed by atoms with Crippen molar-refractivity contribution in [3.8, 4) is 0 Å². The Balaban J connectivity index is 1.86. The van der Waals surface area contributed by atoms with Crippen LogP contribution >= 0.6 is 0 Å². The molecule has 5 heteroatoms. The first-order valence-corrected chi connectivity index (χ1v) is 3.67. The quantitative estimate of drug-likeness (QED) is 0.557. The van der Waals surface area contributed by atoms with Crippen molar-refractivity contribution in [2.75, 3.05) is 0 Å². The van der Waals surface area contributed by atoms with Crippen molar-refractivity contribution in [1.82, 2.24) is 0 Å². The van der Waals surface area contributed by atoms with Crippen molar-refractivity contribution in [2.45, 2.75) is 12.6 Å². The van der Waals surface area contributed by atoms with Crippen molar-refractivity contribution in [3.05, 3.63) is 24.3 Å². The zero-order chi connectivity index (χ0) is 9.26. The molecule has 2 heterocycles. The molecule has 0 saturated carbocycles. The molecule has 0 N–H and O–H groups in total. The van der Waals surface area contributed by atoms with E-state index in [9.17, 15) is 9.59 Å². The van der Waals surface area contributed by atoms with Gasteiger partial charge in [0.05, 0.1) is 0 Å². The fourth-order valence-corrected chi connectivity index (χ4v) is 0.979. The Bertz CT molecular complexity index is 274. The average Bonchev–Trinajstić information content (AvgIpc) is 2.62. The predicted molar refractivity (Wildman–Crippen MR) is 39.1 cm³/mol. The van der Waals surface area contributed by atoms with Crippen molar-refractivity contribution in [1.29, 1.82) is 0 Å². The highest BCUT2D eigenvalue weighted by Crippen LogP contribution is 2.14. The highest BCUT2D eigenvalue weighted by atomic mass is 16.8. The summed E-state index contributed by atoms with van der Waals surface area (Å²) < 4.78 is 14.4. The number of hydrogen-bond acceptors (Lipinski definition) is 5. The molecule has 68 valence electrons. The first-order valence-electron chi connectivity index (χ1n) is 3.67. The summed E-state index contributed by atoms with van der Waals surface area (Å²) >= 11 is 0. The zero-order valence-corrected chi connectivity index (χ0v) is 6.51. The monoisotopic (exact) mass is 182 g/mol. The predicted octanol–water partition coefficient (Wildman–Crippen LogP) is -0.119. The van der Waals surface area contributed by atoms with Gasteiger partial charge >= 0.3 is 11.9 Å². The third kappa shape index (κ3) is 1.75. The minimum Gasteiger partial charge on any atom is -0.429 e. The fourth-order valence-electron chi connectivity index (χ4n) is 0.979. The summed E-state index contributed by atoms with van der Waals surface area (Å²) in [7, 11) is 0. The standard InChI is InChI=1S/C8H6O5/c9-5-1-3-7(11-5)13-8-4-2-6(10)12-8/h1-4,7-8H. The molecule has 0 aromatic heterocycles. The molecule has 5 nitrogen and oxygen atoms in total. The fraction of sp³-hybridized carbons (Fsp3) is 0.250. The van der Waals surface area contributed by atoms with Crippen LogP contribution in [0.15, 0.2) is 24.3 Å². The Hall–Kier alpha value is -1.62. The van der Waals surface area contributed by atoms with Crippen LogP contribution in [0.5, 0.6) is 0 Å². The Morgan fingerprint density at radius 2 is 1.46 bits per heavy atom. The van der Waals surface area contributed by atoms with E-state index in [0.29, 0.717) is 0 Å². The van der Waals surface area contributed by atoms with E-state index in [1.165, 1.54) is 24.3 Å². The van der Waals surface area contributed by atoms with Gasteiger partial charge in [0.2, 0.25) is 12.6 Å². The molecule has 13 heavy (non-hydrogen) atoms. The molecule has 2 rings (SSSR count). The van der Waals surface area contributed by atoms with Gasteiger partial charge in [0.15, 0.2) is 0 Å². The van der Waals surface area contributed by atoms with Crippen molar-refractivity contribution >= 4 is 11.9 Å². The molecule has 2 unspecified atom stereocenters. The lowest BCUT2D eigenvalue weighted by Crippen LogP contribution is -2.21. The molecule has 0 bridgehead atoms. The molecule has 0 spiro atoms. The topological polar surface area (TPSA) is 61.8 Å². The molecule has 0 aromatic carbocycles. The summed E-state index contributed by atoms with van der Waals surface area (Å²) in [6, 6.07) is 0. The van der Waals surface area contributed by atoms with E-state index in [4.69, 9.17) is 4.74 Å². The van der Waals surface area contributed by atoms with Gasteiger partial charge in [-0.15, -0.1) is 0 Å². The van der Waals surface area contributed by atoms with Crippen LogP contribution in [0.4, 0.5) is 0 Å². The number of carbonyl (C=O) groups excluding carboxylic acids is 2. The van der Waals surface area contributed by atoms with Gasteiger partial charge in [-0.25, -0.2) is 9.59 Å². The number of hydrogen-bond donors (Lipinski definition) is 0. The van der Waals surface area contributed by atoms with Crippen LogP contribution in [0.1, 0.15) is 0 Å². The molecule has 2 atom stereocenters. The van der Waals surface area contributed by atoms with E-state index < -0.39 is 24.5 Å². The van der Waals surface area contributed by atoms with Crippen LogP contribution in [-0.4, -0.2) is 24.5 Å². The van der Waals surface area contributed by atoms with Crippen LogP contribution in [0, 0.1) is 0 Å². The van der Waals surface area contributed by atoms with Crippen molar-refractivity contribution < 1.29 is 23.8 Å². The lowest BCUT2D eigenvalue weighted by atomic mass is 10.5. The maximum absolute atomic E-state index is 10.6. The van der Waals surface area contributed by atoms with Crippen molar-refractivity contribution in [2.24, 2.45) is 0 Å². The molecule has 0 amide bonds. The van der Waals surface area contributed by atoms with Gasteiger partial charge in [0.1, 0.15) is 0 Å². The van der Waals surface area contributed by atoms with Gasteiger partial charge in [0.25, 0.3) is 0 Å². The second-order valence-electron chi connectivity index (χ2n) is 2.46. The highest BCUT2D eigenvalue weighted by Gasteiger charge is 2.24. The summed E-state index contributed by atoms with van der Waals surface area (Å²) in [5.74, 6) is -0.920. The van der Waals surface area contributed by atoms with E-state index in [0.717, 1.165) is 0 Å². The molecule has 2 aliphatic rings. The third-order valence-corrected chi connectivity index (χ3v) is 1.51.